The zero-order valence-electron chi connectivity index (χ0n) is 7.69. The maximum atomic E-state index is 5.42. The van der Waals surface area contributed by atoms with Crippen LogP contribution in [-0.4, -0.2) is 21.2 Å². The second-order valence-corrected chi connectivity index (χ2v) is 2.77. The number of hydrogen-bond acceptors (Lipinski definition) is 3. The molecule has 0 aliphatic carbocycles. The molecular formula is C9H11N3O. The predicted molar refractivity (Wildman–Crippen MR) is 48.9 cm³/mol. The lowest BCUT2D eigenvalue weighted by molar-refractivity contribution is 0.317. The van der Waals surface area contributed by atoms with Crippen LogP contribution >= 0.6 is 0 Å². The van der Waals surface area contributed by atoms with E-state index >= 15 is 0 Å². The average molecular weight is 177 g/mol. The minimum absolute atomic E-state index is 0.637. The van der Waals surface area contributed by atoms with Gasteiger partial charge < -0.3 is 4.74 Å². The van der Waals surface area contributed by atoms with Crippen LogP contribution in [0.4, 0.5) is 0 Å². The molecule has 0 atom stereocenters. The summed E-state index contributed by atoms with van der Waals surface area (Å²) in [7, 11) is 0. The highest BCUT2D eigenvalue weighted by atomic mass is 16.5. The highest BCUT2D eigenvalue weighted by molar-refractivity contribution is 5.40. The second kappa shape index (κ2) is 3.05. The standard InChI is InChI=1S/C9H11N3O/c1-3-13-9-6-7(2)11-8-4-5-10-12(8)9/h4-6H,3H2,1-2H3. The maximum Gasteiger partial charge on any atom is 0.218 e. The summed E-state index contributed by atoms with van der Waals surface area (Å²) in [5, 5.41) is 4.11. The number of ether oxygens (including phenoxy) is 1. The van der Waals surface area contributed by atoms with E-state index in [2.05, 4.69) is 10.1 Å². The van der Waals surface area contributed by atoms with Gasteiger partial charge in [0.05, 0.1) is 12.8 Å². The van der Waals surface area contributed by atoms with E-state index in [1.165, 1.54) is 0 Å². The van der Waals surface area contributed by atoms with Gasteiger partial charge in [-0.1, -0.05) is 0 Å². The van der Waals surface area contributed by atoms with Crippen LogP contribution in [0.15, 0.2) is 18.3 Å². The zero-order chi connectivity index (χ0) is 9.26. The van der Waals surface area contributed by atoms with Gasteiger partial charge in [-0.2, -0.15) is 9.61 Å². The van der Waals surface area contributed by atoms with E-state index in [-0.39, 0.29) is 0 Å². The summed E-state index contributed by atoms with van der Waals surface area (Å²) >= 11 is 0. The number of aromatic nitrogens is 3. The summed E-state index contributed by atoms with van der Waals surface area (Å²) in [6.07, 6.45) is 1.71. The van der Waals surface area contributed by atoms with E-state index in [1.807, 2.05) is 26.0 Å². The van der Waals surface area contributed by atoms with Crippen LogP contribution in [0.3, 0.4) is 0 Å². The monoisotopic (exact) mass is 177 g/mol. The smallest absolute Gasteiger partial charge is 0.218 e. The Morgan fingerprint density at radius 1 is 1.54 bits per heavy atom. The van der Waals surface area contributed by atoms with E-state index in [1.54, 1.807) is 10.7 Å². The molecule has 0 saturated carbocycles. The molecular weight excluding hydrogens is 166 g/mol. The fourth-order valence-corrected chi connectivity index (χ4v) is 1.25. The summed E-state index contributed by atoms with van der Waals surface area (Å²) < 4.78 is 7.11. The number of rotatable bonds is 2. The summed E-state index contributed by atoms with van der Waals surface area (Å²) in [4.78, 5) is 4.30. The van der Waals surface area contributed by atoms with Crippen molar-refractivity contribution in [2.24, 2.45) is 0 Å². The molecule has 0 amide bonds. The van der Waals surface area contributed by atoms with Crippen molar-refractivity contribution in [3.8, 4) is 5.88 Å². The molecule has 0 spiro atoms. The second-order valence-electron chi connectivity index (χ2n) is 2.77. The molecule has 0 N–H and O–H groups in total. The lowest BCUT2D eigenvalue weighted by atomic mass is 10.4. The third-order valence-electron chi connectivity index (χ3n) is 1.75. The molecule has 2 aromatic heterocycles. The predicted octanol–water partition coefficient (Wildman–Crippen LogP) is 1.44. The van der Waals surface area contributed by atoms with Gasteiger partial charge in [-0.25, -0.2) is 4.98 Å². The molecule has 0 fully saturated rings. The van der Waals surface area contributed by atoms with Gasteiger partial charge in [0.25, 0.3) is 0 Å². The first-order valence-electron chi connectivity index (χ1n) is 4.25. The Bertz CT molecular complexity index is 422. The highest BCUT2D eigenvalue weighted by Gasteiger charge is 2.03. The highest BCUT2D eigenvalue weighted by Crippen LogP contribution is 2.13. The number of nitrogens with zero attached hydrogens (tertiary/aromatic N) is 3. The summed E-state index contributed by atoms with van der Waals surface area (Å²) in [6.45, 7) is 4.53. The normalized spacial score (nSPS) is 10.6. The van der Waals surface area contributed by atoms with Crippen LogP contribution < -0.4 is 4.74 Å². The van der Waals surface area contributed by atoms with E-state index in [4.69, 9.17) is 4.74 Å². The number of fused-ring (bicyclic) bond motifs is 1. The summed E-state index contributed by atoms with van der Waals surface area (Å²) in [6, 6.07) is 3.74. The Morgan fingerprint density at radius 2 is 2.38 bits per heavy atom. The fraction of sp³-hybridized carbons (Fsp3) is 0.333. The van der Waals surface area contributed by atoms with Crippen LogP contribution in [0.5, 0.6) is 5.88 Å². The van der Waals surface area contributed by atoms with Crippen molar-refractivity contribution in [2.75, 3.05) is 6.61 Å². The van der Waals surface area contributed by atoms with Crippen LogP contribution in [0, 0.1) is 6.92 Å². The topological polar surface area (TPSA) is 39.4 Å². The summed E-state index contributed by atoms with van der Waals surface area (Å²) in [5.74, 6) is 0.745. The molecule has 4 heteroatoms. The first-order valence-corrected chi connectivity index (χ1v) is 4.25. The number of hydrogen-bond donors (Lipinski definition) is 0. The average Bonchev–Trinajstić information content (AvgIpc) is 2.52. The fourth-order valence-electron chi connectivity index (χ4n) is 1.25. The van der Waals surface area contributed by atoms with Gasteiger partial charge in [-0.3, -0.25) is 0 Å². The van der Waals surface area contributed by atoms with E-state index in [0.717, 1.165) is 17.2 Å². The Balaban J connectivity index is 2.63. The van der Waals surface area contributed by atoms with E-state index in [0.29, 0.717) is 6.61 Å². The van der Waals surface area contributed by atoms with Crippen molar-refractivity contribution in [3.05, 3.63) is 24.0 Å². The van der Waals surface area contributed by atoms with Gasteiger partial charge in [-0.15, -0.1) is 0 Å². The molecule has 13 heavy (non-hydrogen) atoms. The van der Waals surface area contributed by atoms with Gasteiger partial charge >= 0.3 is 0 Å². The molecule has 0 bridgehead atoms. The third kappa shape index (κ3) is 1.35. The Kier molecular flexibility index (Phi) is 1.88. The third-order valence-corrected chi connectivity index (χ3v) is 1.75. The molecule has 68 valence electrons. The molecule has 0 unspecified atom stereocenters. The quantitative estimate of drug-likeness (QED) is 0.696. The van der Waals surface area contributed by atoms with Crippen LogP contribution in [0.1, 0.15) is 12.6 Å². The zero-order valence-corrected chi connectivity index (χ0v) is 7.69. The Labute approximate surface area is 76.2 Å². The molecule has 0 radical (unpaired) electrons. The van der Waals surface area contributed by atoms with Gasteiger partial charge in [-0.05, 0) is 13.8 Å². The van der Waals surface area contributed by atoms with Crippen molar-refractivity contribution in [1.82, 2.24) is 14.6 Å². The molecule has 0 aliphatic rings. The minimum Gasteiger partial charge on any atom is -0.478 e. The lowest BCUT2D eigenvalue weighted by Crippen LogP contribution is -2.01. The van der Waals surface area contributed by atoms with Gasteiger partial charge in [0.1, 0.15) is 0 Å². The van der Waals surface area contributed by atoms with Crippen LogP contribution in [0.25, 0.3) is 5.65 Å². The maximum absolute atomic E-state index is 5.42. The Hall–Kier alpha value is -1.58. The van der Waals surface area contributed by atoms with Gasteiger partial charge in [0.15, 0.2) is 5.65 Å². The molecule has 2 heterocycles. The van der Waals surface area contributed by atoms with Crippen molar-refractivity contribution in [3.63, 3.8) is 0 Å². The molecule has 2 aromatic rings. The number of aryl methyl sites for hydroxylation is 1. The Morgan fingerprint density at radius 3 is 3.15 bits per heavy atom. The molecule has 0 aliphatic heterocycles. The van der Waals surface area contributed by atoms with Gasteiger partial charge in [0.2, 0.25) is 5.88 Å². The van der Waals surface area contributed by atoms with Crippen molar-refractivity contribution < 1.29 is 4.74 Å². The molecule has 4 nitrogen and oxygen atoms in total. The minimum atomic E-state index is 0.637. The van der Waals surface area contributed by atoms with Crippen LogP contribution in [-0.2, 0) is 0 Å². The van der Waals surface area contributed by atoms with Gasteiger partial charge in [0, 0.05) is 17.8 Å². The first-order chi connectivity index (χ1) is 6.31. The largest absolute Gasteiger partial charge is 0.478 e. The van der Waals surface area contributed by atoms with Crippen molar-refractivity contribution >= 4 is 5.65 Å². The van der Waals surface area contributed by atoms with E-state index < -0.39 is 0 Å². The first kappa shape index (κ1) is 8.04. The molecule has 0 saturated heterocycles. The van der Waals surface area contributed by atoms with Crippen LogP contribution in [0.2, 0.25) is 0 Å². The molecule has 0 aromatic carbocycles. The SMILES string of the molecule is CCOc1cc(C)nc2ccnn12. The lowest BCUT2D eigenvalue weighted by Gasteiger charge is -2.05. The molecule has 2 rings (SSSR count). The van der Waals surface area contributed by atoms with E-state index in [9.17, 15) is 0 Å². The van der Waals surface area contributed by atoms with Crippen molar-refractivity contribution in [1.29, 1.82) is 0 Å². The van der Waals surface area contributed by atoms with Crippen molar-refractivity contribution in [2.45, 2.75) is 13.8 Å². The summed E-state index contributed by atoms with van der Waals surface area (Å²) in [5.41, 5.74) is 1.76.